The molecule has 11 heterocycles. The number of aliphatic hydroxyl groups is 2. The number of aromatic carboxylic acids is 1. The van der Waals surface area contributed by atoms with E-state index < -0.39 is 31.5 Å². The summed E-state index contributed by atoms with van der Waals surface area (Å²) in [7, 11) is 1.21. The van der Waals surface area contributed by atoms with Gasteiger partial charge in [0.05, 0.1) is 134 Å². The second-order valence-electron chi connectivity index (χ2n) is 31.3. The minimum atomic E-state index is -1.54. The van der Waals surface area contributed by atoms with E-state index in [0.717, 1.165) is 218 Å². The number of halogens is 1. The van der Waals surface area contributed by atoms with Gasteiger partial charge in [0, 0.05) is 75.7 Å². The Hall–Kier alpha value is -9.52. The van der Waals surface area contributed by atoms with E-state index in [0.29, 0.717) is 40.0 Å². The summed E-state index contributed by atoms with van der Waals surface area (Å²) in [5.41, 5.74) is 22.2. The topological polar surface area (TPSA) is 321 Å². The molecule has 2 atom stereocenters. The number of pyridine rings is 3. The van der Waals surface area contributed by atoms with Crippen molar-refractivity contribution in [2.45, 2.75) is 168 Å². The van der Waals surface area contributed by atoms with Crippen LogP contribution in [0.3, 0.4) is 0 Å². The van der Waals surface area contributed by atoms with Crippen LogP contribution in [-0.4, -0.2) is 120 Å². The van der Waals surface area contributed by atoms with Crippen molar-refractivity contribution in [2.75, 3.05) is 14.2 Å². The van der Waals surface area contributed by atoms with Gasteiger partial charge in [0.2, 0.25) is 0 Å². The van der Waals surface area contributed by atoms with Crippen molar-refractivity contribution in [2.24, 2.45) is 0 Å². The zero-order valence-electron chi connectivity index (χ0n) is 67.6. The summed E-state index contributed by atoms with van der Waals surface area (Å²) in [5.74, 6) is -0.570. The molecule has 15 aromatic rings. The van der Waals surface area contributed by atoms with Gasteiger partial charge in [0.15, 0.2) is 18.7 Å². The number of carbonyl (C=O) groups excluding carboxylic acids is 3. The molecule has 0 radical (unpaired) electrons. The van der Waals surface area contributed by atoms with Crippen molar-refractivity contribution in [3.8, 4) is 54.2 Å². The Bertz CT molecular complexity index is 6530. The first-order valence-corrected chi connectivity index (χ1v) is 43.2. The van der Waals surface area contributed by atoms with Gasteiger partial charge < -0.3 is 54.4 Å². The summed E-state index contributed by atoms with van der Waals surface area (Å²) in [6.07, 6.45) is 16.6. The van der Waals surface area contributed by atoms with Gasteiger partial charge in [0.1, 0.15) is 0 Å². The summed E-state index contributed by atoms with van der Waals surface area (Å²) in [5, 5.41) is 61.7. The number of nitrogens with one attached hydrogen (secondary N) is 1. The number of carboxylic acid groups (broad SMARTS) is 1. The third-order valence-corrected chi connectivity index (χ3v) is 27.9. The number of fused-ring (bicyclic) bond motifs is 14. The van der Waals surface area contributed by atoms with Gasteiger partial charge in [-0.3, -0.25) is 4.79 Å². The zero-order valence-corrected chi connectivity index (χ0v) is 73.6. The molecule has 6 aromatic carbocycles. The second kappa shape index (κ2) is 34.9. The van der Waals surface area contributed by atoms with Crippen LogP contribution in [0.4, 0.5) is 0 Å². The Balaban J connectivity index is 0.000000128. The Kier molecular flexibility index (Phi) is 24.8. The SMILES string of the molecule is COC(=O)c1ccc2c(C3CCCCC3)c(B(O)O)[nH]c2c1.COC(=O)c1ccc2c(C3CCCCC3)c3n(c2c1)C(O)c1cc2nc(-c4sc(C)nc4C)ccc2cc1-3.Cc1nc(C)c(-c2ccc3cc(Br)c(C=O)cc3n2)s1.Cc1nc(C)c(-c2ccc3cc4c(cc3n2)C(O)n2c-4c(C3CCCCC3)c3ccc(C(=O)O)cc32)s1.[Na+].[OH-]. The van der Waals surface area contributed by atoms with Crippen molar-refractivity contribution in [1.29, 1.82) is 0 Å². The summed E-state index contributed by atoms with van der Waals surface area (Å²) >= 11 is 8.32. The van der Waals surface area contributed by atoms with Gasteiger partial charge in [-0.05, 0) is 206 Å². The number of aliphatic hydroxyl groups excluding tert-OH is 2. The Morgan fingerprint density at radius 1 is 0.487 bits per heavy atom. The van der Waals surface area contributed by atoms with Gasteiger partial charge in [-0.2, -0.15) is 0 Å². The minimum absolute atomic E-state index is 0. The Labute approximate surface area is 729 Å². The van der Waals surface area contributed by atoms with Crippen LogP contribution in [0.15, 0.2) is 132 Å². The monoisotopic (exact) mass is 1720 g/mol. The average Bonchev–Trinajstić information content (AvgIpc) is 1.55. The number of methoxy groups -OCH3 is 2. The number of aryl methyl sites for hydroxylation is 6. The summed E-state index contributed by atoms with van der Waals surface area (Å²) < 4.78 is 14.5. The van der Waals surface area contributed by atoms with Crippen LogP contribution in [-0.2, 0) is 9.47 Å². The molecule has 9 aromatic heterocycles. The fourth-order valence-corrected chi connectivity index (χ4v) is 21.8. The molecule has 602 valence electrons. The molecular weight excluding hydrogens is 1630 g/mol. The van der Waals surface area contributed by atoms with Crippen LogP contribution in [0.2, 0.25) is 0 Å². The predicted octanol–water partition coefficient (Wildman–Crippen LogP) is 17.5. The predicted molar refractivity (Wildman–Crippen MR) is 470 cm³/mol. The van der Waals surface area contributed by atoms with E-state index in [2.05, 4.69) is 77.2 Å². The molecule has 3 fully saturated rings. The van der Waals surface area contributed by atoms with Crippen LogP contribution in [0.25, 0.3) is 120 Å². The van der Waals surface area contributed by atoms with Gasteiger partial charge >= 0.3 is 54.6 Å². The first kappa shape index (κ1) is 84.5. The maximum absolute atomic E-state index is 12.4. The molecule has 20 rings (SSSR count). The van der Waals surface area contributed by atoms with Crippen LogP contribution in [0.1, 0.15) is 228 Å². The van der Waals surface area contributed by atoms with Gasteiger partial charge in [-0.15, -0.1) is 34.0 Å². The fraction of sp³-hybridized carbons (Fsp3) is 0.304. The van der Waals surface area contributed by atoms with E-state index in [1.54, 1.807) is 64.3 Å². The van der Waals surface area contributed by atoms with Crippen LogP contribution in [0, 0.1) is 41.5 Å². The molecule has 0 bridgehead atoms. The summed E-state index contributed by atoms with van der Waals surface area (Å²) in [6.45, 7) is 12.0. The van der Waals surface area contributed by atoms with Crippen LogP contribution in [0.5, 0.6) is 0 Å². The first-order chi connectivity index (χ1) is 56.5. The van der Waals surface area contributed by atoms with E-state index in [-0.39, 0.29) is 46.6 Å². The first-order valence-electron chi connectivity index (χ1n) is 40.0. The number of benzene rings is 6. The van der Waals surface area contributed by atoms with Crippen LogP contribution < -0.4 is 35.2 Å². The smallest absolute Gasteiger partial charge is 0.870 e. The molecule has 7 N–H and O–H groups in total. The van der Waals surface area contributed by atoms with Crippen molar-refractivity contribution in [3.63, 3.8) is 0 Å². The number of aromatic nitrogens is 9. The third kappa shape index (κ3) is 15.9. The molecule has 3 saturated carbocycles. The summed E-state index contributed by atoms with van der Waals surface area (Å²) in [4.78, 5) is 81.3. The standard InChI is InChI=1S/C31H29N3O3S.C30H27N3O3S.C16H20BNO4.C15H11BrN2OS.Na.H2O/c1-16-29(38-17(2)32-16)24-12-10-19-13-22-23(15-25(19)33-24)30(35)34-26-14-20(31(36)37-3)9-11-21(26)27(28(22)34)18-7-5-4-6-8-18;1-15-28(37-16(2)31-15)23-11-9-18-12-21-22(14-24(18)32-23)29(34)33-25-13-19(30(35)36)8-10-20(25)26(27(21)33)17-6-4-3-5-7-17;1-22-16(19)11-7-8-12-13(9-11)18-15(17(20)21)14(12)10-5-3-2-4-6-10;1-8-15(20-9(2)17-8)13-4-3-10-5-12(16)11(7-19)6-14(10)18-13;;/h9-15,18,30,35H,4-8H2,1-3H3;8-14,17,29,34H,3-7H2,1-2H3,(H,35,36);7-10,18,20-21H,2-6H2,1H3;3-7H,1-2H3;;1H2/q;;;;+1;/p-1. The van der Waals surface area contributed by atoms with Crippen molar-refractivity contribution in [1.82, 2.24) is 44.0 Å². The fourth-order valence-electron chi connectivity index (χ4n) is 18.7. The third-order valence-electron chi connectivity index (χ3n) is 24.0. The normalized spacial score (nSPS) is 15.7. The quantitative estimate of drug-likeness (QED) is 0.0398. The number of H-pyrrole nitrogens is 1. The number of aldehydes is 1. The average molecular weight is 1720 g/mol. The molecule has 27 heteroatoms. The number of esters is 2. The number of nitrogens with zero attached hydrogens (tertiary/aromatic N) is 8. The number of thiazole rings is 3. The number of ether oxygens (including phenoxy) is 2. The molecule has 21 nitrogen and oxygen atoms in total. The largest absolute Gasteiger partial charge is 1.00 e. The molecule has 0 spiro atoms. The van der Waals surface area contributed by atoms with Crippen molar-refractivity contribution < 1.29 is 89.1 Å². The van der Waals surface area contributed by atoms with E-state index in [1.807, 2.05) is 111 Å². The van der Waals surface area contributed by atoms with Gasteiger partial charge in [-0.1, -0.05) is 110 Å². The van der Waals surface area contributed by atoms with Gasteiger partial charge in [0.25, 0.3) is 0 Å². The Morgan fingerprint density at radius 2 is 0.866 bits per heavy atom. The maximum Gasteiger partial charge on any atom is 1.00 e. The number of hydrogen-bond donors (Lipinski definition) is 6. The van der Waals surface area contributed by atoms with Gasteiger partial charge in [-0.25, -0.2) is 44.3 Å². The van der Waals surface area contributed by atoms with Crippen molar-refractivity contribution in [3.05, 3.63) is 214 Å². The molecule has 2 unspecified atom stereocenters. The number of aromatic amines is 1. The van der Waals surface area contributed by atoms with E-state index in [1.165, 1.54) is 83.1 Å². The Morgan fingerprint density at radius 3 is 1.25 bits per heavy atom. The number of hydrogen-bond acceptors (Lipinski definition) is 20. The number of carboxylic acids is 1. The minimum Gasteiger partial charge on any atom is -0.870 e. The van der Waals surface area contributed by atoms with E-state index >= 15 is 0 Å². The maximum atomic E-state index is 12.4. The van der Waals surface area contributed by atoms with Crippen molar-refractivity contribution >= 4 is 152 Å². The number of carbonyl (C=O) groups is 4. The molecular formula is C92H88BBrN9NaO12S3. The molecule has 2 aliphatic heterocycles. The molecule has 119 heavy (non-hydrogen) atoms. The molecule has 3 aliphatic carbocycles. The van der Waals surface area contributed by atoms with Crippen LogP contribution >= 0.6 is 49.9 Å². The zero-order chi connectivity index (χ0) is 81.5. The molecule has 0 saturated heterocycles. The molecule has 0 amide bonds. The number of rotatable bonds is 11. The second-order valence-corrected chi connectivity index (χ2v) is 35.8. The van der Waals surface area contributed by atoms with E-state index in [9.17, 15) is 44.5 Å². The molecule has 5 aliphatic rings. The van der Waals surface area contributed by atoms with E-state index in [4.69, 9.17) is 19.4 Å². The summed E-state index contributed by atoms with van der Waals surface area (Å²) in [6, 6.07) is 40.9.